The van der Waals surface area contributed by atoms with Gasteiger partial charge >= 0.3 is 0 Å². The van der Waals surface area contributed by atoms with E-state index in [9.17, 15) is 8.78 Å². The summed E-state index contributed by atoms with van der Waals surface area (Å²) in [5.74, 6) is -0.850. The summed E-state index contributed by atoms with van der Waals surface area (Å²) < 4.78 is 26.8. The Morgan fingerprint density at radius 1 is 1.13 bits per heavy atom. The van der Waals surface area contributed by atoms with Crippen molar-refractivity contribution in [2.75, 3.05) is 0 Å². The third-order valence-corrected chi connectivity index (χ3v) is 3.79. The Labute approximate surface area is 87.3 Å². The zero-order chi connectivity index (χ0) is 10.7. The van der Waals surface area contributed by atoms with E-state index in [1.165, 1.54) is 18.2 Å². The van der Waals surface area contributed by atoms with Gasteiger partial charge in [0, 0.05) is 11.1 Å². The predicted octanol–water partition coefficient (Wildman–Crippen LogP) is 2.39. The predicted molar refractivity (Wildman–Crippen MR) is 53.3 cm³/mol. The van der Waals surface area contributed by atoms with Crippen molar-refractivity contribution in [1.29, 1.82) is 0 Å². The van der Waals surface area contributed by atoms with Crippen molar-refractivity contribution in [2.24, 2.45) is 11.1 Å². The Balaban J connectivity index is 1.84. The number of nitrogens with two attached hydrogens (primary N) is 1. The summed E-state index contributed by atoms with van der Waals surface area (Å²) in [5.41, 5.74) is 6.26. The van der Waals surface area contributed by atoms with Crippen LogP contribution in [0.3, 0.4) is 0 Å². The molecule has 0 radical (unpaired) electrons. The van der Waals surface area contributed by atoms with E-state index in [2.05, 4.69) is 0 Å². The van der Waals surface area contributed by atoms with Crippen LogP contribution in [-0.4, -0.2) is 5.54 Å². The number of rotatable bonds is 2. The molecule has 1 aromatic rings. The van der Waals surface area contributed by atoms with Gasteiger partial charge in [-0.25, -0.2) is 8.78 Å². The fraction of sp³-hybridized carbons (Fsp3) is 0.500. The van der Waals surface area contributed by atoms with Crippen molar-refractivity contribution in [1.82, 2.24) is 0 Å². The van der Waals surface area contributed by atoms with Crippen molar-refractivity contribution in [3.05, 3.63) is 35.4 Å². The lowest BCUT2D eigenvalue weighted by Gasteiger charge is -2.69. The third kappa shape index (κ3) is 1.22. The zero-order valence-corrected chi connectivity index (χ0v) is 8.39. The van der Waals surface area contributed by atoms with E-state index >= 15 is 0 Å². The van der Waals surface area contributed by atoms with E-state index in [0.29, 0.717) is 6.42 Å². The normalized spacial score (nSPS) is 37.0. The first-order valence-electron chi connectivity index (χ1n) is 5.24. The summed E-state index contributed by atoms with van der Waals surface area (Å²) >= 11 is 0. The second-order valence-corrected chi connectivity index (χ2v) is 5.27. The molecule has 15 heavy (non-hydrogen) atoms. The van der Waals surface area contributed by atoms with E-state index < -0.39 is 11.6 Å². The summed E-state index contributed by atoms with van der Waals surface area (Å²) in [6.45, 7) is 0. The molecule has 0 aromatic heterocycles. The Bertz CT molecular complexity index is 388. The minimum Gasteiger partial charge on any atom is -0.325 e. The number of benzene rings is 1. The highest BCUT2D eigenvalue weighted by Gasteiger charge is 2.65. The standard InChI is InChI=1S/C12H13F2N/c13-9-2-1-3-10(14)8(9)4-11-5-12(15,6-11)7-11/h1-3H,4-7,15H2. The van der Waals surface area contributed by atoms with Crippen molar-refractivity contribution in [3.8, 4) is 0 Å². The van der Waals surface area contributed by atoms with Crippen LogP contribution in [-0.2, 0) is 6.42 Å². The molecule has 2 bridgehead atoms. The second-order valence-electron chi connectivity index (χ2n) is 5.27. The van der Waals surface area contributed by atoms with E-state index in [0.717, 1.165) is 19.3 Å². The van der Waals surface area contributed by atoms with Crippen LogP contribution in [0.4, 0.5) is 8.78 Å². The molecule has 3 heteroatoms. The minimum atomic E-state index is -0.425. The Morgan fingerprint density at radius 2 is 1.67 bits per heavy atom. The van der Waals surface area contributed by atoms with E-state index in [4.69, 9.17) is 5.73 Å². The van der Waals surface area contributed by atoms with Crippen LogP contribution in [0.15, 0.2) is 18.2 Å². The summed E-state index contributed by atoms with van der Waals surface area (Å²) in [6, 6.07) is 4.05. The third-order valence-electron chi connectivity index (χ3n) is 3.79. The maximum atomic E-state index is 13.4. The molecule has 2 N–H and O–H groups in total. The van der Waals surface area contributed by atoms with Crippen molar-refractivity contribution in [2.45, 2.75) is 31.2 Å². The molecule has 0 amide bonds. The number of hydrogen-bond donors (Lipinski definition) is 1. The zero-order valence-electron chi connectivity index (χ0n) is 8.39. The summed E-state index contributed by atoms with van der Waals surface area (Å²) in [7, 11) is 0. The van der Waals surface area contributed by atoms with Crippen LogP contribution in [0.5, 0.6) is 0 Å². The van der Waals surface area contributed by atoms with E-state index in [1.807, 2.05) is 0 Å². The fourth-order valence-corrected chi connectivity index (χ4v) is 3.35. The van der Waals surface area contributed by atoms with Crippen molar-refractivity contribution < 1.29 is 8.78 Å². The van der Waals surface area contributed by atoms with Crippen LogP contribution in [0.2, 0.25) is 0 Å². The van der Waals surface area contributed by atoms with Gasteiger partial charge in [-0.3, -0.25) is 0 Å². The van der Waals surface area contributed by atoms with Gasteiger partial charge in [-0.2, -0.15) is 0 Å². The van der Waals surface area contributed by atoms with Crippen LogP contribution in [0, 0.1) is 17.0 Å². The summed E-state index contributed by atoms with van der Waals surface area (Å²) in [5, 5.41) is 0. The van der Waals surface area contributed by atoms with Crippen LogP contribution < -0.4 is 5.73 Å². The van der Waals surface area contributed by atoms with E-state index in [1.54, 1.807) is 0 Å². The van der Waals surface area contributed by atoms with E-state index in [-0.39, 0.29) is 16.5 Å². The minimum absolute atomic E-state index is 0.00172. The van der Waals surface area contributed by atoms with Gasteiger partial charge in [-0.1, -0.05) is 6.07 Å². The van der Waals surface area contributed by atoms with Gasteiger partial charge in [0.05, 0.1) is 0 Å². The second kappa shape index (κ2) is 2.59. The highest BCUT2D eigenvalue weighted by atomic mass is 19.1. The molecule has 3 aliphatic carbocycles. The molecule has 0 saturated heterocycles. The average molecular weight is 209 g/mol. The van der Waals surface area contributed by atoms with Crippen LogP contribution in [0.25, 0.3) is 0 Å². The largest absolute Gasteiger partial charge is 0.325 e. The topological polar surface area (TPSA) is 26.0 Å². The number of halogens is 2. The Kier molecular flexibility index (Phi) is 1.60. The monoisotopic (exact) mass is 209 g/mol. The lowest BCUT2D eigenvalue weighted by Crippen LogP contribution is -2.72. The molecule has 0 atom stereocenters. The molecule has 0 spiro atoms. The highest BCUT2D eigenvalue weighted by molar-refractivity contribution is 5.29. The van der Waals surface area contributed by atoms with Gasteiger partial charge in [-0.05, 0) is 43.2 Å². The first kappa shape index (κ1) is 9.28. The van der Waals surface area contributed by atoms with Gasteiger partial charge < -0.3 is 5.73 Å². The smallest absolute Gasteiger partial charge is 0.129 e. The maximum Gasteiger partial charge on any atom is 0.129 e. The molecule has 3 saturated carbocycles. The summed E-state index contributed by atoms with van der Waals surface area (Å²) in [4.78, 5) is 0. The fourth-order valence-electron chi connectivity index (χ4n) is 3.35. The lowest BCUT2D eigenvalue weighted by atomic mass is 9.38. The molecule has 0 unspecified atom stereocenters. The average Bonchev–Trinajstić information content (AvgIpc) is 2.06. The van der Waals surface area contributed by atoms with Crippen LogP contribution in [0.1, 0.15) is 24.8 Å². The molecular weight excluding hydrogens is 196 g/mol. The number of hydrogen-bond acceptors (Lipinski definition) is 1. The van der Waals surface area contributed by atoms with Crippen molar-refractivity contribution in [3.63, 3.8) is 0 Å². The molecule has 3 fully saturated rings. The molecule has 1 aromatic carbocycles. The quantitative estimate of drug-likeness (QED) is 0.795. The lowest BCUT2D eigenvalue weighted by molar-refractivity contribution is -0.130. The maximum absolute atomic E-state index is 13.4. The molecule has 4 rings (SSSR count). The molecule has 3 aliphatic rings. The van der Waals surface area contributed by atoms with Crippen LogP contribution >= 0.6 is 0 Å². The SMILES string of the molecule is NC12CC(Cc3c(F)cccc3F)(C1)C2. The van der Waals surface area contributed by atoms with Gasteiger partial charge in [0.15, 0.2) is 0 Å². The van der Waals surface area contributed by atoms with Gasteiger partial charge in [0.25, 0.3) is 0 Å². The Hall–Kier alpha value is -0.960. The first-order chi connectivity index (χ1) is 7.02. The van der Waals surface area contributed by atoms with Crippen molar-refractivity contribution >= 4 is 0 Å². The van der Waals surface area contributed by atoms with Gasteiger partial charge in [0.2, 0.25) is 0 Å². The van der Waals surface area contributed by atoms with Gasteiger partial charge in [0.1, 0.15) is 11.6 Å². The summed E-state index contributed by atoms with van der Waals surface area (Å²) in [6.07, 6.45) is 3.28. The molecule has 1 nitrogen and oxygen atoms in total. The Morgan fingerprint density at radius 3 is 2.13 bits per heavy atom. The van der Waals surface area contributed by atoms with Gasteiger partial charge in [-0.15, -0.1) is 0 Å². The highest BCUT2D eigenvalue weighted by Crippen LogP contribution is 2.67. The first-order valence-corrected chi connectivity index (χ1v) is 5.24. The molecule has 80 valence electrons. The molecule has 0 heterocycles. The molecular formula is C12H13F2N. The molecule has 0 aliphatic heterocycles.